The average molecular weight is 416 g/mol. The van der Waals surface area contributed by atoms with E-state index in [1.165, 1.54) is 0 Å². The Balaban J connectivity index is 1.64. The van der Waals surface area contributed by atoms with Gasteiger partial charge in [0.2, 0.25) is 0 Å². The second kappa shape index (κ2) is 7.76. The number of aromatic nitrogens is 3. The van der Waals surface area contributed by atoms with Crippen LogP contribution >= 0.6 is 12.2 Å². The van der Waals surface area contributed by atoms with E-state index in [4.69, 9.17) is 16.6 Å². The summed E-state index contributed by atoms with van der Waals surface area (Å²) in [5, 5.41) is 4.18. The minimum absolute atomic E-state index is 0.0635. The molecule has 0 aliphatic carbocycles. The van der Waals surface area contributed by atoms with Crippen LogP contribution in [-0.2, 0) is 6.54 Å². The highest BCUT2D eigenvalue weighted by Gasteiger charge is 2.41. The summed E-state index contributed by atoms with van der Waals surface area (Å²) in [5.74, 6) is 0.863. The van der Waals surface area contributed by atoms with Gasteiger partial charge in [-0.25, -0.2) is 0 Å². The molecule has 0 bridgehead atoms. The van der Waals surface area contributed by atoms with E-state index in [0.717, 1.165) is 28.5 Å². The maximum absolute atomic E-state index is 5.76. The van der Waals surface area contributed by atoms with Gasteiger partial charge >= 0.3 is 0 Å². The zero-order chi connectivity index (χ0) is 20.5. The molecule has 0 spiro atoms. The van der Waals surface area contributed by atoms with Gasteiger partial charge in [0.1, 0.15) is 5.76 Å². The lowest BCUT2D eigenvalue weighted by molar-refractivity contribution is 0.280. The first-order valence-corrected chi connectivity index (χ1v) is 10.2. The first kappa shape index (κ1) is 18.6. The molecule has 5 heterocycles. The van der Waals surface area contributed by atoms with Crippen molar-refractivity contribution in [3.63, 3.8) is 0 Å². The molecule has 1 aliphatic heterocycles. The van der Waals surface area contributed by atoms with Crippen LogP contribution < -0.4 is 5.32 Å². The number of rotatable bonds is 5. The summed E-state index contributed by atoms with van der Waals surface area (Å²) in [6.45, 7) is 2.67. The van der Waals surface area contributed by atoms with Crippen molar-refractivity contribution < 1.29 is 4.42 Å². The molecule has 0 unspecified atom stereocenters. The van der Waals surface area contributed by atoms with Crippen LogP contribution in [0.3, 0.4) is 0 Å². The van der Waals surface area contributed by atoms with E-state index in [9.17, 15) is 0 Å². The van der Waals surface area contributed by atoms with E-state index >= 15 is 0 Å². The second-order valence-corrected chi connectivity index (χ2v) is 7.67. The van der Waals surface area contributed by atoms with Gasteiger partial charge in [0, 0.05) is 23.8 Å². The maximum atomic E-state index is 5.76. The summed E-state index contributed by atoms with van der Waals surface area (Å²) in [7, 11) is 0. The molecule has 4 aromatic heterocycles. The molecule has 1 N–H and O–H groups in total. The molecule has 2 atom stereocenters. The van der Waals surface area contributed by atoms with Gasteiger partial charge in [-0.1, -0.05) is 6.07 Å². The monoisotopic (exact) mass is 415 g/mol. The number of hydrogen-bond donors (Lipinski definition) is 1. The third-order valence-electron chi connectivity index (χ3n) is 5.42. The van der Waals surface area contributed by atoms with Crippen molar-refractivity contribution in [2.24, 2.45) is 0 Å². The number of nitrogens with one attached hydrogen (secondary N) is 1. The number of aryl methyl sites for hydroxylation is 1. The maximum Gasteiger partial charge on any atom is 0.170 e. The fourth-order valence-corrected chi connectivity index (χ4v) is 4.40. The van der Waals surface area contributed by atoms with Gasteiger partial charge in [0.25, 0.3) is 0 Å². The first-order valence-electron chi connectivity index (χ1n) is 9.81. The normalized spacial score (nSPS) is 18.6. The molecule has 150 valence electrons. The van der Waals surface area contributed by atoms with Crippen molar-refractivity contribution in [2.45, 2.75) is 25.6 Å². The Morgan fingerprint density at radius 3 is 2.73 bits per heavy atom. The first-order chi connectivity index (χ1) is 14.7. The summed E-state index contributed by atoms with van der Waals surface area (Å²) in [6.07, 6.45) is 7.17. The molecule has 0 radical (unpaired) electrons. The summed E-state index contributed by atoms with van der Waals surface area (Å²) in [6, 6.07) is 18.0. The van der Waals surface area contributed by atoms with E-state index in [-0.39, 0.29) is 12.1 Å². The van der Waals surface area contributed by atoms with Crippen LogP contribution in [0.25, 0.3) is 5.69 Å². The fourth-order valence-electron chi connectivity index (χ4n) is 4.10. The van der Waals surface area contributed by atoms with Gasteiger partial charge in [0.15, 0.2) is 5.11 Å². The van der Waals surface area contributed by atoms with Gasteiger partial charge in [0.05, 0.1) is 42.5 Å². The molecule has 1 fully saturated rings. The van der Waals surface area contributed by atoms with Gasteiger partial charge in [-0.2, -0.15) is 0 Å². The Morgan fingerprint density at radius 2 is 2.00 bits per heavy atom. The second-order valence-electron chi connectivity index (χ2n) is 7.28. The molecule has 4 aromatic rings. The minimum Gasteiger partial charge on any atom is -0.467 e. The molecular formula is C23H21N5OS. The molecule has 0 amide bonds. The highest BCUT2D eigenvalue weighted by Crippen LogP contribution is 2.40. The molecule has 1 saturated heterocycles. The molecule has 6 nitrogen and oxygen atoms in total. The summed E-state index contributed by atoms with van der Waals surface area (Å²) >= 11 is 5.76. The smallest absolute Gasteiger partial charge is 0.170 e. The molecule has 1 aliphatic rings. The molecule has 30 heavy (non-hydrogen) atoms. The van der Waals surface area contributed by atoms with E-state index in [1.54, 1.807) is 12.5 Å². The zero-order valence-electron chi connectivity index (χ0n) is 16.5. The van der Waals surface area contributed by atoms with E-state index in [2.05, 4.69) is 49.9 Å². The summed E-state index contributed by atoms with van der Waals surface area (Å²) in [4.78, 5) is 11.1. The van der Waals surface area contributed by atoms with Crippen LogP contribution in [-0.4, -0.2) is 24.5 Å². The average Bonchev–Trinajstić information content (AvgIpc) is 3.50. The quantitative estimate of drug-likeness (QED) is 0.489. The predicted molar refractivity (Wildman–Crippen MR) is 118 cm³/mol. The standard InChI is InChI=1S/C23H21N5OS/c1-16-9-10-20(28(16)17-6-4-11-24-14-17)22-21(19-8-2-3-12-25-19)26-23(30)27(22)15-18-7-5-13-29-18/h2-14,21-22H,15H2,1H3,(H,26,30)/t21-,22+/m0/s1. The Kier molecular flexibility index (Phi) is 4.80. The van der Waals surface area contributed by atoms with Gasteiger partial charge in [-0.15, -0.1) is 0 Å². The Bertz CT molecular complexity index is 1140. The molecule has 5 rings (SSSR count). The van der Waals surface area contributed by atoms with Gasteiger partial charge in [-0.05, 0) is 67.7 Å². The molecule has 0 aromatic carbocycles. The van der Waals surface area contributed by atoms with Crippen molar-refractivity contribution in [1.82, 2.24) is 24.8 Å². The van der Waals surface area contributed by atoms with Crippen LogP contribution in [0.2, 0.25) is 0 Å². The Hall–Kier alpha value is -3.45. The van der Waals surface area contributed by atoms with Crippen molar-refractivity contribution in [3.8, 4) is 5.69 Å². The molecule has 0 saturated carbocycles. The lowest BCUT2D eigenvalue weighted by Crippen LogP contribution is -2.30. The number of thiocarbonyl (C=S) groups is 1. The number of nitrogens with zero attached hydrogens (tertiary/aromatic N) is 4. The van der Waals surface area contributed by atoms with Crippen LogP contribution in [0.15, 0.2) is 83.9 Å². The highest BCUT2D eigenvalue weighted by molar-refractivity contribution is 7.80. The predicted octanol–water partition coefficient (Wildman–Crippen LogP) is 4.34. The van der Waals surface area contributed by atoms with E-state index in [1.807, 2.05) is 48.8 Å². The fraction of sp³-hybridized carbons (Fsp3) is 0.174. The van der Waals surface area contributed by atoms with Crippen molar-refractivity contribution >= 4 is 17.3 Å². The zero-order valence-corrected chi connectivity index (χ0v) is 17.3. The molecule has 7 heteroatoms. The van der Waals surface area contributed by atoms with E-state index in [0.29, 0.717) is 11.7 Å². The Labute approximate surface area is 180 Å². The topological polar surface area (TPSA) is 59.1 Å². The summed E-state index contributed by atoms with van der Waals surface area (Å²) in [5.41, 5.74) is 4.22. The van der Waals surface area contributed by atoms with Crippen LogP contribution in [0, 0.1) is 6.92 Å². The van der Waals surface area contributed by atoms with Crippen molar-refractivity contribution in [3.05, 3.63) is 102 Å². The number of pyridine rings is 2. The highest BCUT2D eigenvalue weighted by atomic mass is 32.1. The Morgan fingerprint density at radius 1 is 1.07 bits per heavy atom. The van der Waals surface area contributed by atoms with Crippen LogP contribution in [0.5, 0.6) is 0 Å². The SMILES string of the molecule is Cc1ccc([C@@H]2[C@H](c3ccccn3)NC(=S)N2Cc2ccco2)n1-c1cccnc1. The van der Waals surface area contributed by atoms with Gasteiger partial charge in [-0.3, -0.25) is 9.97 Å². The third kappa shape index (κ3) is 3.27. The minimum atomic E-state index is -0.0848. The number of hydrogen-bond acceptors (Lipinski definition) is 4. The lowest BCUT2D eigenvalue weighted by Gasteiger charge is -2.28. The lowest BCUT2D eigenvalue weighted by atomic mass is 10.0. The van der Waals surface area contributed by atoms with Crippen molar-refractivity contribution in [2.75, 3.05) is 0 Å². The van der Waals surface area contributed by atoms with E-state index < -0.39 is 0 Å². The summed E-state index contributed by atoms with van der Waals surface area (Å²) < 4.78 is 7.86. The van der Waals surface area contributed by atoms with Crippen LogP contribution in [0.1, 0.15) is 34.9 Å². The van der Waals surface area contributed by atoms with Gasteiger partial charge < -0.3 is 19.2 Å². The van der Waals surface area contributed by atoms with Crippen molar-refractivity contribution in [1.29, 1.82) is 0 Å². The largest absolute Gasteiger partial charge is 0.467 e. The third-order valence-corrected chi connectivity index (χ3v) is 5.77. The molecular weight excluding hydrogens is 394 g/mol. The van der Waals surface area contributed by atoms with Crippen LogP contribution in [0.4, 0.5) is 0 Å². The number of furan rings is 1.